The average Bonchev–Trinajstić information content (AvgIpc) is 2.71. The molecule has 0 aliphatic heterocycles. The SMILES string of the molecule is CNC[C@H](C)NC(=O)NC[C@H](CCCCN)NC(=O)NC[C@@H](C)Cc1ccccc1. The third kappa shape index (κ3) is 12.3. The molecule has 0 spiro atoms. The number of hydrogen-bond acceptors (Lipinski definition) is 4. The highest BCUT2D eigenvalue weighted by atomic mass is 16.2. The standard InChI is InChI=1S/C22H40N6O2/c1-17(13-19-9-5-4-6-10-19)14-25-22(30)28-20(11-7-8-12-23)16-26-21(29)27-18(2)15-24-3/h4-6,9-10,17-18,20,24H,7-8,11-16,23H2,1-3H3,(H2,25,28,30)(H2,26,27,29)/t17-,18-,20-/m0/s1. The predicted molar refractivity (Wildman–Crippen MR) is 122 cm³/mol. The molecule has 1 rings (SSSR count). The fourth-order valence-electron chi connectivity index (χ4n) is 3.20. The number of unbranched alkanes of at least 4 members (excludes halogenated alkanes) is 1. The largest absolute Gasteiger partial charge is 0.338 e. The summed E-state index contributed by atoms with van der Waals surface area (Å²) < 4.78 is 0. The number of benzene rings is 1. The van der Waals surface area contributed by atoms with Gasteiger partial charge in [-0.25, -0.2) is 9.59 Å². The Balaban J connectivity index is 2.41. The minimum absolute atomic E-state index is 0.0213. The Kier molecular flexibility index (Phi) is 13.3. The summed E-state index contributed by atoms with van der Waals surface area (Å²) in [4.78, 5) is 24.4. The van der Waals surface area contributed by atoms with Crippen molar-refractivity contribution in [3.63, 3.8) is 0 Å². The Morgan fingerprint density at radius 3 is 2.27 bits per heavy atom. The molecule has 3 atom stereocenters. The number of carbonyl (C=O) groups excluding carboxylic acids is 2. The van der Waals surface area contributed by atoms with Gasteiger partial charge in [-0.2, -0.15) is 0 Å². The second-order valence-electron chi connectivity index (χ2n) is 7.94. The molecule has 0 heterocycles. The summed E-state index contributed by atoms with van der Waals surface area (Å²) >= 11 is 0. The van der Waals surface area contributed by atoms with E-state index in [1.807, 2.05) is 32.2 Å². The molecule has 1 aromatic carbocycles. The zero-order valence-electron chi connectivity index (χ0n) is 18.7. The van der Waals surface area contributed by atoms with Gasteiger partial charge in [0, 0.05) is 31.7 Å². The molecule has 7 N–H and O–H groups in total. The van der Waals surface area contributed by atoms with Crippen LogP contribution in [0, 0.1) is 5.92 Å². The van der Waals surface area contributed by atoms with E-state index < -0.39 is 0 Å². The molecule has 8 nitrogen and oxygen atoms in total. The summed E-state index contributed by atoms with van der Waals surface area (Å²) in [5, 5.41) is 14.7. The number of likely N-dealkylation sites (N-methyl/N-ethyl adjacent to an activating group) is 1. The fraction of sp³-hybridized carbons (Fsp3) is 0.636. The average molecular weight is 421 g/mol. The molecular formula is C22H40N6O2. The Hall–Kier alpha value is -2.32. The molecule has 0 unspecified atom stereocenters. The molecule has 8 heteroatoms. The second kappa shape index (κ2) is 15.5. The van der Waals surface area contributed by atoms with Gasteiger partial charge in [0.25, 0.3) is 0 Å². The van der Waals surface area contributed by atoms with Crippen LogP contribution in [0.3, 0.4) is 0 Å². The van der Waals surface area contributed by atoms with E-state index in [1.165, 1.54) is 5.56 Å². The van der Waals surface area contributed by atoms with E-state index in [9.17, 15) is 9.59 Å². The molecule has 0 aliphatic carbocycles. The Bertz CT molecular complexity index is 599. The van der Waals surface area contributed by atoms with Gasteiger partial charge in [-0.15, -0.1) is 0 Å². The number of carbonyl (C=O) groups is 2. The van der Waals surface area contributed by atoms with Crippen molar-refractivity contribution in [1.82, 2.24) is 26.6 Å². The third-order valence-electron chi connectivity index (χ3n) is 4.78. The van der Waals surface area contributed by atoms with E-state index in [0.717, 1.165) is 25.7 Å². The maximum Gasteiger partial charge on any atom is 0.315 e. The first kappa shape index (κ1) is 25.7. The number of nitrogens with one attached hydrogen (secondary N) is 5. The van der Waals surface area contributed by atoms with Crippen LogP contribution in [-0.4, -0.2) is 57.4 Å². The Morgan fingerprint density at radius 2 is 1.60 bits per heavy atom. The lowest BCUT2D eigenvalue weighted by molar-refractivity contribution is 0.228. The van der Waals surface area contributed by atoms with E-state index in [4.69, 9.17) is 5.73 Å². The summed E-state index contributed by atoms with van der Waals surface area (Å²) in [5.74, 6) is 0.325. The first-order valence-electron chi connectivity index (χ1n) is 10.9. The number of urea groups is 2. The Labute approximate surface area is 181 Å². The number of hydrogen-bond donors (Lipinski definition) is 6. The molecule has 0 fully saturated rings. The molecular weight excluding hydrogens is 380 g/mol. The van der Waals surface area contributed by atoms with Gasteiger partial charge in [0.05, 0.1) is 0 Å². The van der Waals surface area contributed by atoms with Gasteiger partial charge < -0.3 is 32.3 Å². The minimum atomic E-state index is -0.236. The zero-order chi connectivity index (χ0) is 22.2. The normalized spacial score (nSPS) is 13.7. The monoisotopic (exact) mass is 420 g/mol. The summed E-state index contributed by atoms with van der Waals surface area (Å²) in [6, 6.07) is 9.67. The summed E-state index contributed by atoms with van der Waals surface area (Å²) in [6.07, 6.45) is 3.45. The highest BCUT2D eigenvalue weighted by Gasteiger charge is 2.15. The summed E-state index contributed by atoms with van der Waals surface area (Å²) in [5.41, 5.74) is 6.84. The molecule has 0 aromatic heterocycles. The molecule has 1 aromatic rings. The minimum Gasteiger partial charge on any atom is -0.338 e. The third-order valence-corrected chi connectivity index (χ3v) is 4.78. The summed E-state index contributed by atoms with van der Waals surface area (Å²) in [6.45, 7) is 6.31. The van der Waals surface area contributed by atoms with Crippen LogP contribution in [-0.2, 0) is 6.42 Å². The van der Waals surface area contributed by atoms with Crippen molar-refractivity contribution in [3.05, 3.63) is 35.9 Å². The van der Waals surface area contributed by atoms with Gasteiger partial charge in [-0.1, -0.05) is 43.7 Å². The number of nitrogens with two attached hydrogens (primary N) is 1. The first-order valence-corrected chi connectivity index (χ1v) is 10.9. The van der Waals surface area contributed by atoms with Crippen LogP contribution in [0.25, 0.3) is 0 Å². The molecule has 0 saturated heterocycles. The lowest BCUT2D eigenvalue weighted by atomic mass is 10.0. The molecule has 30 heavy (non-hydrogen) atoms. The van der Waals surface area contributed by atoms with Crippen LogP contribution in [0.4, 0.5) is 9.59 Å². The highest BCUT2D eigenvalue weighted by Crippen LogP contribution is 2.07. The highest BCUT2D eigenvalue weighted by molar-refractivity contribution is 5.75. The fourth-order valence-corrected chi connectivity index (χ4v) is 3.20. The molecule has 0 aliphatic rings. The van der Waals surface area contributed by atoms with E-state index in [2.05, 4.69) is 45.6 Å². The van der Waals surface area contributed by atoms with Crippen molar-refractivity contribution >= 4 is 12.1 Å². The van der Waals surface area contributed by atoms with E-state index in [1.54, 1.807) is 0 Å². The zero-order valence-corrected chi connectivity index (χ0v) is 18.7. The van der Waals surface area contributed by atoms with Crippen molar-refractivity contribution in [2.24, 2.45) is 11.7 Å². The predicted octanol–water partition coefficient (Wildman–Crippen LogP) is 1.57. The quantitative estimate of drug-likeness (QED) is 0.256. The van der Waals surface area contributed by atoms with Gasteiger partial charge in [-0.3, -0.25) is 0 Å². The maximum atomic E-state index is 12.4. The van der Waals surface area contributed by atoms with Crippen molar-refractivity contribution < 1.29 is 9.59 Å². The van der Waals surface area contributed by atoms with Crippen LogP contribution in [0.1, 0.15) is 38.7 Å². The van der Waals surface area contributed by atoms with Crippen molar-refractivity contribution in [3.8, 4) is 0 Å². The molecule has 4 amide bonds. The summed E-state index contributed by atoms with van der Waals surface area (Å²) in [7, 11) is 1.84. The van der Waals surface area contributed by atoms with Gasteiger partial charge in [-0.05, 0) is 51.3 Å². The van der Waals surface area contributed by atoms with E-state index in [-0.39, 0.29) is 24.1 Å². The second-order valence-corrected chi connectivity index (χ2v) is 7.94. The maximum absolute atomic E-state index is 12.4. The lowest BCUT2D eigenvalue weighted by Gasteiger charge is -2.21. The van der Waals surface area contributed by atoms with Crippen LogP contribution in [0.15, 0.2) is 30.3 Å². The van der Waals surface area contributed by atoms with Crippen LogP contribution in [0.2, 0.25) is 0 Å². The van der Waals surface area contributed by atoms with Crippen LogP contribution in [0.5, 0.6) is 0 Å². The van der Waals surface area contributed by atoms with Crippen molar-refractivity contribution in [1.29, 1.82) is 0 Å². The molecule has 0 saturated carbocycles. The Morgan fingerprint density at radius 1 is 0.933 bits per heavy atom. The number of amides is 4. The smallest absolute Gasteiger partial charge is 0.315 e. The van der Waals surface area contributed by atoms with Gasteiger partial charge in [0.15, 0.2) is 0 Å². The van der Waals surface area contributed by atoms with Gasteiger partial charge in [0.2, 0.25) is 0 Å². The molecule has 0 bridgehead atoms. The lowest BCUT2D eigenvalue weighted by Crippen LogP contribution is -2.51. The molecule has 170 valence electrons. The van der Waals surface area contributed by atoms with Crippen LogP contribution < -0.4 is 32.3 Å². The topological polar surface area (TPSA) is 120 Å². The van der Waals surface area contributed by atoms with Gasteiger partial charge in [0.1, 0.15) is 0 Å². The molecule has 0 radical (unpaired) electrons. The number of rotatable bonds is 14. The van der Waals surface area contributed by atoms with Crippen molar-refractivity contribution in [2.45, 2.75) is 51.6 Å². The van der Waals surface area contributed by atoms with E-state index in [0.29, 0.717) is 32.1 Å². The van der Waals surface area contributed by atoms with Crippen molar-refractivity contribution in [2.75, 3.05) is 33.2 Å². The van der Waals surface area contributed by atoms with Crippen LogP contribution >= 0.6 is 0 Å². The van der Waals surface area contributed by atoms with E-state index >= 15 is 0 Å². The first-order chi connectivity index (χ1) is 14.4. The van der Waals surface area contributed by atoms with Gasteiger partial charge >= 0.3 is 12.1 Å².